The molecule has 0 fully saturated rings. The van der Waals surface area contributed by atoms with Crippen molar-refractivity contribution < 1.29 is 19.0 Å². The van der Waals surface area contributed by atoms with Crippen LogP contribution >= 0.6 is 7.37 Å². The van der Waals surface area contributed by atoms with Crippen molar-refractivity contribution in [2.24, 2.45) is 5.73 Å². The molecule has 0 aromatic heterocycles. The first-order chi connectivity index (χ1) is 9.45. The van der Waals surface area contributed by atoms with E-state index in [1.807, 2.05) is 30.3 Å². The maximum Gasteiger partial charge on any atom is 0.305 e. The molecule has 0 saturated heterocycles. The highest BCUT2D eigenvalue weighted by Gasteiger charge is 2.27. The molecule has 112 valence electrons. The SMILES string of the molecule is CCOC(=O)CCC(N)P(=O)(O)CCc1ccccc1. The van der Waals surface area contributed by atoms with Gasteiger partial charge in [-0.2, -0.15) is 0 Å². The fourth-order valence-electron chi connectivity index (χ4n) is 1.80. The van der Waals surface area contributed by atoms with Gasteiger partial charge >= 0.3 is 5.97 Å². The third-order valence-electron chi connectivity index (χ3n) is 3.03. The van der Waals surface area contributed by atoms with Crippen LogP contribution in [0, 0.1) is 0 Å². The Morgan fingerprint density at radius 1 is 1.40 bits per heavy atom. The van der Waals surface area contributed by atoms with Crippen LogP contribution in [0.4, 0.5) is 0 Å². The van der Waals surface area contributed by atoms with Crippen LogP contribution in [0.1, 0.15) is 25.3 Å². The number of ether oxygens (including phenoxy) is 1. The molecule has 1 rings (SSSR count). The molecule has 0 radical (unpaired) electrons. The second kappa shape index (κ2) is 8.20. The average Bonchev–Trinajstić information content (AvgIpc) is 2.44. The lowest BCUT2D eigenvalue weighted by Gasteiger charge is -2.18. The van der Waals surface area contributed by atoms with Crippen molar-refractivity contribution in [3.8, 4) is 0 Å². The molecule has 2 atom stereocenters. The molecule has 1 aromatic rings. The third kappa shape index (κ3) is 5.87. The molecule has 0 spiro atoms. The van der Waals surface area contributed by atoms with Gasteiger partial charge in [0.05, 0.1) is 12.4 Å². The van der Waals surface area contributed by atoms with Crippen LogP contribution in [0.25, 0.3) is 0 Å². The molecule has 20 heavy (non-hydrogen) atoms. The Labute approximate surface area is 119 Å². The van der Waals surface area contributed by atoms with Gasteiger partial charge in [-0.05, 0) is 25.3 Å². The molecule has 3 N–H and O–H groups in total. The summed E-state index contributed by atoms with van der Waals surface area (Å²) in [5.74, 6) is -1.26. The van der Waals surface area contributed by atoms with E-state index in [2.05, 4.69) is 0 Å². The van der Waals surface area contributed by atoms with Gasteiger partial charge in [0.1, 0.15) is 0 Å². The van der Waals surface area contributed by atoms with Crippen molar-refractivity contribution in [1.29, 1.82) is 0 Å². The van der Waals surface area contributed by atoms with Crippen molar-refractivity contribution in [2.75, 3.05) is 12.8 Å². The Morgan fingerprint density at radius 3 is 2.65 bits per heavy atom. The minimum atomic E-state index is -3.45. The van der Waals surface area contributed by atoms with Gasteiger partial charge in [-0.25, -0.2) is 0 Å². The van der Waals surface area contributed by atoms with Gasteiger partial charge in [-0.15, -0.1) is 0 Å². The summed E-state index contributed by atoms with van der Waals surface area (Å²) in [5, 5.41) is 0. The van der Waals surface area contributed by atoms with Crippen molar-refractivity contribution in [1.82, 2.24) is 0 Å². The number of rotatable bonds is 8. The molecule has 0 heterocycles. The Bertz CT molecular complexity index is 464. The fraction of sp³-hybridized carbons (Fsp3) is 0.500. The zero-order chi connectivity index (χ0) is 15.0. The number of nitrogens with two attached hydrogens (primary N) is 1. The van der Waals surface area contributed by atoms with E-state index in [0.29, 0.717) is 13.0 Å². The van der Waals surface area contributed by atoms with Crippen molar-refractivity contribution in [2.45, 2.75) is 32.0 Å². The summed E-state index contributed by atoms with van der Waals surface area (Å²) in [5.41, 5.74) is 6.74. The number of aryl methyl sites for hydroxylation is 1. The van der Waals surface area contributed by atoms with E-state index >= 15 is 0 Å². The monoisotopic (exact) mass is 299 g/mol. The number of carbonyl (C=O) groups is 1. The standard InChI is InChI=1S/C14H22NO4P/c1-2-19-14(16)9-8-13(15)20(17,18)11-10-12-6-4-3-5-7-12/h3-7,13H,2,8-11,15H2,1H3,(H,17,18). The summed E-state index contributed by atoms with van der Waals surface area (Å²) in [7, 11) is -3.45. The van der Waals surface area contributed by atoms with Crippen LogP contribution in [0.3, 0.4) is 0 Å². The molecule has 0 amide bonds. The van der Waals surface area contributed by atoms with Crippen LogP contribution in [-0.4, -0.2) is 29.4 Å². The highest BCUT2D eigenvalue weighted by molar-refractivity contribution is 7.58. The van der Waals surface area contributed by atoms with E-state index in [1.54, 1.807) is 6.92 Å². The molecule has 0 saturated carbocycles. The van der Waals surface area contributed by atoms with Crippen molar-refractivity contribution >= 4 is 13.3 Å². The number of carbonyl (C=O) groups excluding carboxylic acids is 1. The van der Waals surface area contributed by atoms with Gasteiger partial charge in [0.2, 0.25) is 7.37 Å². The molecule has 1 aromatic carbocycles. The molecular formula is C14H22NO4P. The van der Waals surface area contributed by atoms with Gasteiger partial charge in [-0.3, -0.25) is 9.36 Å². The Morgan fingerprint density at radius 2 is 2.05 bits per heavy atom. The first kappa shape index (κ1) is 16.9. The van der Waals surface area contributed by atoms with E-state index in [4.69, 9.17) is 10.5 Å². The minimum absolute atomic E-state index is 0.0743. The number of hydrogen-bond donors (Lipinski definition) is 2. The van der Waals surface area contributed by atoms with Crippen LogP contribution < -0.4 is 5.73 Å². The van der Waals surface area contributed by atoms with Crippen LogP contribution in [-0.2, 0) is 20.5 Å². The molecule has 6 heteroatoms. The topological polar surface area (TPSA) is 89.6 Å². The lowest BCUT2D eigenvalue weighted by atomic mass is 10.2. The van der Waals surface area contributed by atoms with Gasteiger partial charge in [0.15, 0.2) is 0 Å². The maximum absolute atomic E-state index is 12.1. The van der Waals surface area contributed by atoms with Crippen molar-refractivity contribution in [3.63, 3.8) is 0 Å². The number of hydrogen-bond acceptors (Lipinski definition) is 4. The lowest BCUT2D eigenvalue weighted by molar-refractivity contribution is -0.143. The molecule has 0 bridgehead atoms. The summed E-state index contributed by atoms with van der Waals surface area (Å²) in [6.07, 6.45) is 0.870. The second-order valence-corrected chi connectivity index (χ2v) is 7.25. The smallest absolute Gasteiger partial charge is 0.305 e. The first-order valence-corrected chi connectivity index (χ1v) is 8.63. The largest absolute Gasteiger partial charge is 0.466 e. The van der Waals surface area contributed by atoms with E-state index in [-0.39, 0.29) is 25.0 Å². The fourth-order valence-corrected chi connectivity index (χ4v) is 3.24. The molecule has 0 aliphatic carbocycles. The van der Waals surface area contributed by atoms with E-state index in [9.17, 15) is 14.3 Å². The Balaban J connectivity index is 2.42. The maximum atomic E-state index is 12.1. The van der Waals surface area contributed by atoms with E-state index in [1.165, 1.54) is 0 Å². The van der Waals surface area contributed by atoms with Gasteiger partial charge in [0, 0.05) is 12.6 Å². The van der Waals surface area contributed by atoms with Crippen molar-refractivity contribution in [3.05, 3.63) is 35.9 Å². The predicted octanol–water partition coefficient (Wildman–Crippen LogP) is 2.13. The molecular weight excluding hydrogens is 277 g/mol. The quantitative estimate of drug-likeness (QED) is 0.567. The zero-order valence-electron chi connectivity index (χ0n) is 11.7. The summed E-state index contributed by atoms with van der Waals surface area (Å²) in [6.45, 7) is 2.02. The summed E-state index contributed by atoms with van der Waals surface area (Å²) in [4.78, 5) is 21.2. The van der Waals surface area contributed by atoms with Gasteiger partial charge in [0.25, 0.3) is 0 Å². The molecule has 2 unspecified atom stereocenters. The first-order valence-electron chi connectivity index (χ1n) is 6.72. The van der Waals surface area contributed by atoms with Crippen LogP contribution in [0.5, 0.6) is 0 Å². The summed E-state index contributed by atoms with van der Waals surface area (Å²) >= 11 is 0. The minimum Gasteiger partial charge on any atom is -0.466 e. The summed E-state index contributed by atoms with van der Waals surface area (Å²) in [6, 6.07) is 9.48. The number of esters is 1. The van der Waals surface area contributed by atoms with Crippen LogP contribution in [0.2, 0.25) is 0 Å². The summed E-state index contributed by atoms with van der Waals surface area (Å²) < 4.78 is 16.9. The third-order valence-corrected chi connectivity index (χ3v) is 5.19. The molecule has 5 nitrogen and oxygen atoms in total. The number of benzene rings is 1. The van der Waals surface area contributed by atoms with Gasteiger partial charge < -0.3 is 15.4 Å². The highest BCUT2D eigenvalue weighted by atomic mass is 31.2. The predicted molar refractivity (Wildman–Crippen MR) is 78.7 cm³/mol. The van der Waals surface area contributed by atoms with Gasteiger partial charge in [-0.1, -0.05) is 30.3 Å². The van der Waals surface area contributed by atoms with E-state index in [0.717, 1.165) is 5.56 Å². The Hall–Kier alpha value is -1.16. The normalized spacial score (nSPS) is 15.3. The Kier molecular flexibility index (Phi) is 6.93. The molecule has 0 aliphatic heterocycles. The van der Waals surface area contributed by atoms with E-state index < -0.39 is 13.2 Å². The second-order valence-electron chi connectivity index (χ2n) is 4.63. The van der Waals surface area contributed by atoms with Crippen LogP contribution in [0.15, 0.2) is 30.3 Å². The average molecular weight is 299 g/mol. The zero-order valence-corrected chi connectivity index (χ0v) is 12.6. The molecule has 0 aliphatic rings. The highest BCUT2D eigenvalue weighted by Crippen LogP contribution is 2.45. The lowest BCUT2D eigenvalue weighted by Crippen LogP contribution is -2.23.